The molecule has 0 aliphatic carbocycles. The van der Waals surface area contributed by atoms with E-state index < -0.39 is 0 Å². The smallest absolute Gasteiger partial charge is 0.274 e. The van der Waals surface area contributed by atoms with Crippen molar-refractivity contribution < 1.29 is 9.59 Å². The first-order chi connectivity index (χ1) is 18.5. The number of aromatic nitrogens is 1. The Bertz CT molecular complexity index is 1570. The minimum Gasteiger partial charge on any atom is -0.405 e. The van der Waals surface area contributed by atoms with Crippen LogP contribution < -0.4 is 11.1 Å². The number of benzene rings is 3. The van der Waals surface area contributed by atoms with Crippen LogP contribution in [0.1, 0.15) is 43.5 Å². The lowest BCUT2D eigenvalue weighted by atomic mass is 9.90. The van der Waals surface area contributed by atoms with E-state index in [-0.39, 0.29) is 17.7 Å². The summed E-state index contributed by atoms with van der Waals surface area (Å²) < 4.78 is 0. The van der Waals surface area contributed by atoms with Gasteiger partial charge in [0, 0.05) is 42.7 Å². The van der Waals surface area contributed by atoms with Gasteiger partial charge in [-0.1, -0.05) is 54.6 Å². The minimum absolute atomic E-state index is 0.0503. The van der Waals surface area contributed by atoms with Gasteiger partial charge in [0.15, 0.2) is 0 Å². The van der Waals surface area contributed by atoms with E-state index in [0.29, 0.717) is 30.0 Å². The van der Waals surface area contributed by atoms with E-state index in [1.807, 2.05) is 60.4 Å². The lowest BCUT2D eigenvalue weighted by Gasteiger charge is -2.39. The predicted molar refractivity (Wildman–Crippen MR) is 152 cm³/mol. The standard InChI is InChI=1S/C31H29N5O2/c1-20-7-8-24(17-29(20)35-30(37)28-14-13-22-5-3-4-6-27(22)34-28)31(38)36-18-25(19-36)21-9-11-23(12-10-21)26(33-2)15-16-32/h3-17,25H,18-19,32H2,1-2H3,(H,35,37). The zero-order valence-corrected chi connectivity index (χ0v) is 21.4. The second kappa shape index (κ2) is 10.7. The lowest BCUT2D eigenvalue weighted by molar-refractivity contribution is 0.0602. The Kier molecular flexibility index (Phi) is 7.00. The summed E-state index contributed by atoms with van der Waals surface area (Å²) >= 11 is 0. The van der Waals surface area contributed by atoms with Crippen LogP contribution in [-0.2, 0) is 0 Å². The molecule has 3 N–H and O–H groups in total. The summed E-state index contributed by atoms with van der Waals surface area (Å²) in [6, 6.07) is 24.9. The molecule has 0 unspecified atom stereocenters. The molecule has 0 radical (unpaired) electrons. The number of aryl methyl sites for hydroxylation is 1. The zero-order valence-electron chi connectivity index (χ0n) is 21.4. The maximum absolute atomic E-state index is 13.2. The van der Waals surface area contributed by atoms with E-state index in [0.717, 1.165) is 27.7 Å². The first-order valence-electron chi connectivity index (χ1n) is 12.5. The van der Waals surface area contributed by atoms with E-state index in [1.165, 1.54) is 11.8 Å². The lowest BCUT2D eigenvalue weighted by Crippen LogP contribution is -2.48. The van der Waals surface area contributed by atoms with Crippen molar-refractivity contribution in [3.05, 3.63) is 119 Å². The zero-order chi connectivity index (χ0) is 26.6. The van der Waals surface area contributed by atoms with Crippen molar-refractivity contribution >= 4 is 34.1 Å². The molecule has 190 valence electrons. The summed E-state index contributed by atoms with van der Waals surface area (Å²) in [4.78, 5) is 36.7. The fourth-order valence-electron chi connectivity index (χ4n) is 4.62. The second-order valence-electron chi connectivity index (χ2n) is 9.37. The highest BCUT2D eigenvalue weighted by Gasteiger charge is 2.32. The number of nitrogens with one attached hydrogen (secondary N) is 1. The minimum atomic E-state index is -0.311. The molecule has 0 bridgehead atoms. The van der Waals surface area contributed by atoms with Crippen molar-refractivity contribution in [2.45, 2.75) is 12.8 Å². The van der Waals surface area contributed by atoms with Crippen LogP contribution in [0.25, 0.3) is 10.9 Å². The molecule has 7 nitrogen and oxygen atoms in total. The molecular formula is C31H29N5O2. The van der Waals surface area contributed by atoms with Gasteiger partial charge in [-0.05, 0) is 60.2 Å². The fraction of sp³-hybridized carbons (Fsp3) is 0.161. The highest BCUT2D eigenvalue weighted by molar-refractivity contribution is 6.08. The van der Waals surface area contributed by atoms with Crippen LogP contribution in [0.15, 0.2) is 96.1 Å². The molecule has 1 saturated heterocycles. The van der Waals surface area contributed by atoms with Crippen molar-refractivity contribution in [2.75, 3.05) is 25.5 Å². The normalized spacial score (nSPS) is 14.1. The molecule has 5 rings (SSSR count). The number of anilines is 1. The highest BCUT2D eigenvalue weighted by atomic mass is 16.2. The Morgan fingerprint density at radius 2 is 1.74 bits per heavy atom. The molecule has 1 fully saturated rings. The Balaban J connectivity index is 1.24. The monoisotopic (exact) mass is 503 g/mol. The van der Waals surface area contributed by atoms with Crippen LogP contribution in [0.2, 0.25) is 0 Å². The quantitative estimate of drug-likeness (QED) is 0.365. The van der Waals surface area contributed by atoms with Crippen LogP contribution in [0.5, 0.6) is 0 Å². The molecule has 3 aromatic carbocycles. The fourth-order valence-corrected chi connectivity index (χ4v) is 4.62. The number of pyridine rings is 1. The number of para-hydroxylation sites is 1. The number of nitrogens with two attached hydrogens (primary N) is 1. The third kappa shape index (κ3) is 5.04. The van der Waals surface area contributed by atoms with Gasteiger partial charge in [0.2, 0.25) is 0 Å². The molecule has 1 aromatic heterocycles. The second-order valence-corrected chi connectivity index (χ2v) is 9.37. The predicted octanol–water partition coefficient (Wildman–Crippen LogP) is 4.93. The first-order valence-corrected chi connectivity index (χ1v) is 12.5. The molecular weight excluding hydrogens is 474 g/mol. The molecule has 1 aliphatic heterocycles. The van der Waals surface area contributed by atoms with E-state index in [4.69, 9.17) is 5.73 Å². The van der Waals surface area contributed by atoms with Gasteiger partial charge < -0.3 is 16.0 Å². The molecule has 0 spiro atoms. The average Bonchev–Trinajstić information content (AvgIpc) is 2.92. The van der Waals surface area contributed by atoms with Crippen LogP contribution in [0.4, 0.5) is 5.69 Å². The van der Waals surface area contributed by atoms with Gasteiger partial charge in [0.25, 0.3) is 11.8 Å². The summed E-state index contributed by atoms with van der Waals surface area (Å²) in [5.41, 5.74) is 11.6. The molecule has 7 heteroatoms. The number of rotatable bonds is 6. The molecule has 0 atom stereocenters. The SMILES string of the molecule is CN=C(C=CN)c1ccc(C2CN(C(=O)c3ccc(C)c(NC(=O)c4ccc5ccccc5n4)c3)C2)cc1. The molecule has 38 heavy (non-hydrogen) atoms. The molecule has 0 saturated carbocycles. The van der Waals surface area contributed by atoms with Crippen molar-refractivity contribution in [3.8, 4) is 0 Å². The number of hydrogen-bond acceptors (Lipinski definition) is 5. The van der Waals surface area contributed by atoms with E-state index >= 15 is 0 Å². The van der Waals surface area contributed by atoms with Crippen molar-refractivity contribution in [1.29, 1.82) is 0 Å². The first kappa shape index (κ1) is 24.9. The number of hydrogen-bond donors (Lipinski definition) is 2. The van der Waals surface area contributed by atoms with E-state index in [1.54, 1.807) is 31.3 Å². The van der Waals surface area contributed by atoms with Gasteiger partial charge in [-0.25, -0.2) is 4.98 Å². The largest absolute Gasteiger partial charge is 0.405 e. The van der Waals surface area contributed by atoms with Crippen molar-refractivity contribution in [1.82, 2.24) is 9.88 Å². The maximum atomic E-state index is 13.2. The number of fused-ring (bicyclic) bond motifs is 1. The van der Waals surface area contributed by atoms with Gasteiger partial charge in [0.05, 0.1) is 11.2 Å². The van der Waals surface area contributed by atoms with Crippen LogP contribution >= 0.6 is 0 Å². The summed E-state index contributed by atoms with van der Waals surface area (Å²) in [7, 11) is 1.74. The number of allylic oxidation sites excluding steroid dienone is 1. The van der Waals surface area contributed by atoms with E-state index in [2.05, 4.69) is 27.4 Å². The topological polar surface area (TPSA) is 101 Å². The Morgan fingerprint density at radius 3 is 2.47 bits per heavy atom. The van der Waals surface area contributed by atoms with Gasteiger partial charge >= 0.3 is 0 Å². The summed E-state index contributed by atoms with van der Waals surface area (Å²) in [6.07, 6.45) is 3.25. The van der Waals surface area contributed by atoms with Gasteiger partial charge in [0.1, 0.15) is 5.69 Å². The number of nitrogens with zero attached hydrogens (tertiary/aromatic N) is 3. The number of carbonyl (C=O) groups excluding carboxylic acids is 2. The van der Waals surface area contributed by atoms with Gasteiger partial charge in [-0.3, -0.25) is 14.6 Å². The Labute approximate surface area is 221 Å². The summed E-state index contributed by atoms with van der Waals surface area (Å²) in [6.45, 7) is 3.19. The van der Waals surface area contributed by atoms with E-state index in [9.17, 15) is 9.59 Å². The van der Waals surface area contributed by atoms with Crippen LogP contribution in [0.3, 0.4) is 0 Å². The highest BCUT2D eigenvalue weighted by Crippen LogP contribution is 2.29. The van der Waals surface area contributed by atoms with Crippen LogP contribution in [0, 0.1) is 6.92 Å². The van der Waals surface area contributed by atoms with Gasteiger partial charge in [-0.2, -0.15) is 0 Å². The third-order valence-corrected chi connectivity index (χ3v) is 6.91. The maximum Gasteiger partial charge on any atom is 0.274 e. The Morgan fingerprint density at radius 1 is 1.00 bits per heavy atom. The number of carbonyl (C=O) groups is 2. The van der Waals surface area contributed by atoms with Crippen molar-refractivity contribution in [3.63, 3.8) is 0 Å². The number of aliphatic imine (C=N–C) groups is 1. The average molecular weight is 504 g/mol. The molecule has 2 heterocycles. The molecule has 2 amide bonds. The molecule has 4 aromatic rings. The van der Waals surface area contributed by atoms with Gasteiger partial charge in [-0.15, -0.1) is 0 Å². The van der Waals surface area contributed by atoms with Crippen LogP contribution in [-0.4, -0.2) is 47.5 Å². The van der Waals surface area contributed by atoms with Crippen molar-refractivity contribution in [2.24, 2.45) is 10.7 Å². The summed E-state index contributed by atoms with van der Waals surface area (Å²) in [5.74, 6) is -0.0801. The number of amides is 2. The molecule has 1 aliphatic rings. The summed E-state index contributed by atoms with van der Waals surface area (Å²) in [5, 5.41) is 3.90. The third-order valence-electron chi connectivity index (χ3n) is 6.91. The number of likely N-dealkylation sites (tertiary alicyclic amines) is 1. The Hall–Kier alpha value is -4.78.